The lowest BCUT2D eigenvalue weighted by Crippen LogP contribution is -2.22. The Bertz CT molecular complexity index is 901. The summed E-state index contributed by atoms with van der Waals surface area (Å²) in [6, 6.07) is 3.94. The summed E-state index contributed by atoms with van der Waals surface area (Å²) in [5, 5.41) is 11.0. The molecule has 1 aliphatic heterocycles. The van der Waals surface area contributed by atoms with Gasteiger partial charge in [0.1, 0.15) is 22.7 Å². The van der Waals surface area contributed by atoms with Crippen molar-refractivity contribution >= 4 is 0 Å². The van der Waals surface area contributed by atoms with Crippen LogP contribution in [0.2, 0.25) is 0 Å². The monoisotopic (exact) mass is 328 g/mol. The molecule has 0 spiro atoms. The Kier molecular flexibility index (Phi) is 3.47. The van der Waals surface area contributed by atoms with Gasteiger partial charge in [-0.25, -0.2) is 4.79 Å². The fourth-order valence-electron chi connectivity index (χ4n) is 3.71. The van der Waals surface area contributed by atoms with Crippen molar-refractivity contribution in [1.29, 1.82) is 0 Å². The smallest absolute Gasteiger partial charge is 0.347 e. The molecule has 0 bridgehead atoms. The standard InChI is InChI=1S/C20H24O4/c1-10-8-12(3)13(9-11(10)2)14-16(21)15-17(23-18(14)22)20(6,7)24-19(15,4)5/h8-9,21H,1-7H3. The normalized spacial score (nSPS) is 17.8. The number of ether oxygens (including phenoxy) is 1. The zero-order valence-electron chi connectivity index (χ0n) is 15.3. The van der Waals surface area contributed by atoms with Crippen molar-refractivity contribution in [2.24, 2.45) is 0 Å². The van der Waals surface area contributed by atoms with Gasteiger partial charge in [0.15, 0.2) is 0 Å². The molecule has 0 radical (unpaired) electrons. The predicted molar refractivity (Wildman–Crippen MR) is 93.4 cm³/mol. The quantitative estimate of drug-likeness (QED) is 0.841. The summed E-state index contributed by atoms with van der Waals surface area (Å²) in [5.41, 5.74) is 2.57. The van der Waals surface area contributed by atoms with Crippen molar-refractivity contribution in [3.8, 4) is 16.9 Å². The molecular formula is C20H24O4. The summed E-state index contributed by atoms with van der Waals surface area (Å²) >= 11 is 0. The topological polar surface area (TPSA) is 59.7 Å². The maximum absolute atomic E-state index is 12.7. The highest BCUT2D eigenvalue weighted by Gasteiger charge is 2.48. The van der Waals surface area contributed by atoms with E-state index in [1.165, 1.54) is 0 Å². The number of rotatable bonds is 1. The Morgan fingerprint density at radius 3 is 2.12 bits per heavy atom. The Morgan fingerprint density at radius 2 is 1.50 bits per heavy atom. The van der Waals surface area contributed by atoms with Gasteiger partial charge in [-0.3, -0.25) is 0 Å². The molecule has 0 atom stereocenters. The molecule has 1 aromatic heterocycles. The molecule has 0 saturated heterocycles. The number of benzene rings is 1. The predicted octanol–water partition coefficient (Wildman–Crippen LogP) is 4.44. The minimum atomic E-state index is -0.758. The molecule has 128 valence electrons. The van der Waals surface area contributed by atoms with E-state index in [4.69, 9.17) is 9.15 Å². The van der Waals surface area contributed by atoms with Gasteiger partial charge in [-0.15, -0.1) is 0 Å². The first kappa shape index (κ1) is 16.8. The molecule has 0 saturated carbocycles. The highest BCUT2D eigenvalue weighted by Crippen LogP contribution is 2.51. The summed E-state index contributed by atoms with van der Waals surface area (Å²) in [7, 11) is 0. The Labute approximate surface area is 142 Å². The maximum atomic E-state index is 12.7. The lowest BCUT2D eigenvalue weighted by Gasteiger charge is -2.23. The van der Waals surface area contributed by atoms with Gasteiger partial charge in [0, 0.05) is 0 Å². The molecule has 2 heterocycles. The molecule has 4 heteroatoms. The second-order valence-electron chi connectivity index (χ2n) is 7.69. The SMILES string of the molecule is Cc1cc(C)c(-c2c(O)c3c(oc2=O)C(C)(C)OC3(C)C)cc1C. The van der Waals surface area contributed by atoms with Crippen LogP contribution in [-0.4, -0.2) is 5.11 Å². The van der Waals surface area contributed by atoms with E-state index in [0.29, 0.717) is 16.9 Å². The van der Waals surface area contributed by atoms with E-state index in [1.807, 2.05) is 60.6 Å². The summed E-state index contributed by atoms with van der Waals surface area (Å²) in [6.45, 7) is 13.4. The highest BCUT2D eigenvalue weighted by atomic mass is 16.5. The molecule has 1 N–H and O–H groups in total. The Balaban J connectivity index is 2.39. The van der Waals surface area contributed by atoms with Gasteiger partial charge < -0.3 is 14.3 Å². The third-order valence-corrected chi connectivity index (χ3v) is 4.87. The molecular weight excluding hydrogens is 304 g/mol. The zero-order chi connectivity index (χ0) is 18.0. The fourth-order valence-corrected chi connectivity index (χ4v) is 3.71. The third-order valence-electron chi connectivity index (χ3n) is 4.87. The fraction of sp³-hybridized carbons (Fsp3) is 0.450. The number of hydrogen-bond donors (Lipinski definition) is 1. The van der Waals surface area contributed by atoms with Gasteiger partial charge in [-0.2, -0.15) is 0 Å². The molecule has 0 fully saturated rings. The van der Waals surface area contributed by atoms with E-state index in [1.54, 1.807) is 0 Å². The lowest BCUT2D eigenvalue weighted by atomic mass is 9.90. The van der Waals surface area contributed by atoms with Crippen molar-refractivity contribution in [2.45, 2.75) is 59.7 Å². The average molecular weight is 328 g/mol. The highest BCUT2D eigenvalue weighted by molar-refractivity contribution is 5.75. The second-order valence-corrected chi connectivity index (χ2v) is 7.69. The Morgan fingerprint density at radius 1 is 0.917 bits per heavy atom. The number of aromatic hydroxyl groups is 1. The van der Waals surface area contributed by atoms with Crippen molar-refractivity contribution in [3.63, 3.8) is 0 Å². The first-order valence-electron chi connectivity index (χ1n) is 8.15. The van der Waals surface area contributed by atoms with Crippen LogP contribution in [0, 0.1) is 20.8 Å². The summed E-state index contributed by atoms with van der Waals surface area (Å²) < 4.78 is 11.6. The second kappa shape index (κ2) is 4.96. The van der Waals surface area contributed by atoms with Gasteiger partial charge in [-0.05, 0) is 70.7 Å². The van der Waals surface area contributed by atoms with Crippen molar-refractivity contribution in [3.05, 3.63) is 50.6 Å². The van der Waals surface area contributed by atoms with Gasteiger partial charge in [0.05, 0.1) is 11.2 Å². The molecule has 0 unspecified atom stereocenters. The molecule has 3 rings (SSSR count). The van der Waals surface area contributed by atoms with Crippen LogP contribution in [0.5, 0.6) is 5.75 Å². The van der Waals surface area contributed by atoms with E-state index < -0.39 is 16.8 Å². The molecule has 4 nitrogen and oxygen atoms in total. The van der Waals surface area contributed by atoms with Gasteiger partial charge >= 0.3 is 5.63 Å². The van der Waals surface area contributed by atoms with Crippen molar-refractivity contribution in [2.75, 3.05) is 0 Å². The average Bonchev–Trinajstić information content (AvgIpc) is 2.60. The van der Waals surface area contributed by atoms with Crippen LogP contribution >= 0.6 is 0 Å². The van der Waals surface area contributed by atoms with Crippen LogP contribution in [0.4, 0.5) is 0 Å². The van der Waals surface area contributed by atoms with E-state index in [2.05, 4.69) is 0 Å². The largest absolute Gasteiger partial charge is 0.506 e. The molecule has 2 aromatic rings. The molecule has 1 aromatic carbocycles. The molecule has 24 heavy (non-hydrogen) atoms. The summed E-state index contributed by atoms with van der Waals surface area (Å²) in [6.07, 6.45) is 0. The number of fused-ring (bicyclic) bond motifs is 1. The lowest BCUT2D eigenvalue weighted by molar-refractivity contribution is -0.111. The minimum Gasteiger partial charge on any atom is -0.506 e. The van der Waals surface area contributed by atoms with Gasteiger partial charge in [0.2, 0.25) is 0 Å². The van der Waals surface area contributed by atoms with E-state index in [9.17, 15) is 9.90 Å². The van der Waals surface area contributed by atoms with E-state index in [-0.39, 0.29) is 11.3 Å². The van der Waals surface area contributed by atoms with Crippen LogP contribution in [0.25, 0.3) is 11.1 Å². The number of hydrogen-bond acceptors (Lipinski definition) is 4. The molecule has 0 aliphatic carbocycles. The van der Waals surface area contributed by atoms with Crippen LogP contribution in [0.3, 0.4) is 0 Å². The summed E-state index contributed by atoms with van der Waals surface area (Å²) in [4.78, 5) is 12.7. The van der Waals surface area contributed by atoms with Crippen LogP contribution in [0.1, 0.15) is 55.7 Å². The van der Waals surface area contributed by atoms with Crippen LogP contribution < -0.4 is 5.63 Å². The van der Waals surface area contributed by atoms with Crippen LogP contribution in [0.15, 0.2) is 21.3 Å². The minimum absolute atomic E-state index is 0.0387. The third kappa shape index (κ3) is 2.28. The van der Waals surface area contributed by atoms with Crippen LogP contribution in [-0.2, 0) is 15.9 Å². The number of aryl methyl sites for hydroxylation is 3. The first-order chi connectivity index (χ1) is 11.0. The first-order valence-corrected chi connectivity index (χ1v) is 8.15. The molecule has 1 aliphatic rings. The summed E-state index contributed by atoms with van der Waals surface area (Å²) in [5.74, 6) is 0.364. The Hall–Kier alpha value is -2.07. The van der Waals surface area contributed by atoms with Gasteiger partial charge in [-0.1, -0.05) is 12.1 Å². The van der Waals surface area contributed by atoms with E-state index in [0.717, 1.165) is 16.7 Å². The van der Waals surface area contributed by atoms with Crippen molar-refractivity contribution < 1.29 is 14.3 Å². The van der Waals surface area contributed by atoms with Gasteiger partial charge in [0.25, 0.3) is 0 Å². The zero-order valence-corrected chi connectivity index (χ0v) is 15.3. The molecule has 0 amide bonds. The van der Waals surface area contributed by atoms with E-state index >= 15 is 0 Å². The maximum Gasteiger partial charge on any atom is 0.347 e. The van der Waals surface area contributed by atoms with Crippen molar-refractivity contribution in [1.82, 2.24) is 0 Å².